The number of thioether (sulfide) groups is 1. The molecule has 0 fully saturated rings. The number of carbonyl (C=O) groups is 1. The third kappa shape index (κ3) is 4.18. The Kier molecular flexibility index (Phi) is 6.41. The summed E-state index contributed by atoms with van der Waals surface area (Å²) < 4.78 is 2.01. The molecule has 0 bridgehead atoms. The van der Waals surface area contributed by atoms with Crippen molar-refractivity contribution in [3.8, 4) is 17.0 Å². The van der Waals surface area contributed by atoms with E-state index >= 15 is 0 Å². The third-order valence-corrected chi connectivity index (χ3v) is 6.07. The predicted octanol–water partition coefficient (Wildman–Crippen LogP) is 5.01. The highest BCUT2D eigenvalue weighted by atomic mass is 32.2. The van der Waals surface area contributed by atoms with Gasteiger partial charge in [-0.25, -0.2) is 9.78 Å². The first kappa shape index (κ1) is 21.8. The normalized spacial score (nSPS) is 11.2. The lowest BCUT2D eigenvalue weighted by Gasteiger charge is -2.11. The summed E-state index contributed by atoms with van der Waals surface area (Å²) in [6.45, 7) is 2.65. The molecule has 0 atom stereocenters. The molecule has 0 saturated heterocycles. The minimum absolute atomic E-state index is 0.125. The Balaban J connectivity index is 1.73. The SMILES string of the molecule is CCCCc1nc2c(SC)nnc(O)c2n1Cc1ccc(-c2ccccc2C(=O)O)cc1. The fourth-order valence-corrected chi connectivity index (χ4v) is 4.25. The maximum atomic E-state index is 11.6. The van der Waals surface area contributed by atoms with E-state index in [-0.39, 0.29) is 11.4 Å². The molecule has 8 heteroatoms. The van der Waals surface area contributed by atoms with E-state index < -0.39 is 5.97 Å². The topological polar surface area (TPSA) is 101 Å². The van der Waals surface area contributed by atoms with Gasteiger partial charge in [0.1, 0.15) is 21.9 Å². The summed E-state index contributed by atoms with van der Waals surface area (Å²) in [7, 11) is 0. The number of nitrogens with zero attached hydrogens (tertiary/aromatic N) is 4. The van der Waals surface area contributed by atoms with Gasteiger partial charge in [-0.1, -0.05) is 55.8 Å². The van der Waals surface area contributed by atoms with Crippen molar-refractivity contribution >= 4 is 28.8 Å². The first-order valence-electron chi connectivity index (χ1n) is 10.4. The lowest BCUT2D eigenvalue weighted by Crippen LogP contribution is -2.06. The van der Waals surface area contributed by atoms with Gasteiger partial charge in [0.15, 0.2) is 0 Å². The molecule has 0 unspecified atom stereocenters. The maximum Gasteiger partial charge on any atom is 0.336 e. The van der Waals surface area contributed by atoms with Crippen LogP contribution in [0.3, 0.4) is 0 Å². The van der Waals surface area contributed by atoms with Gasteiger partial charge in [0.2, 0.25) is 0 Å². The van der Waals surface area contributed by atoms with Crippen LogP contribution in [0.2, 0.25) is 0 Å². The van der Waals surface area contributed by atoms with E-state index in [0.717, 1.165) is 36.2 Å². The van der Waals surface area contributed by atoms with E-state index in [1.807, 2.05) is 47.2 Å². The zero-order valence-electron chi connectivity index (χ0n) is 17.9. The van der Waals surface area contributed by atoms with Crippen molar-refractivity contribution in [1.82, 2.24) is 19.7 Å². The molecule has 4 aromatic rings. The number of hydrogen-bond acceptors (Lipinski definition) is 6. The Morgan fingerprint density at radius 3 is 2.53 bits per heavy atom. The maximum absolute atomic E-state index is 11.6. The summed E-state index contributed by atoms with van der Waals surface area (Å²) in [4.78, 5) is 16.3. The minimum Gasteiger partial charge on any atom is -0.491 e. The van der Waals surface area contributed by atoms with Crippen molar-refractivity contribution < 1.29 is 15.0 Å². The van der Waals surface area contributed by atoms with Crippen LogP contribution in [0.25, 0.3) is 22.2 Å². The van der Waals surface area contributed by atoms with Gasteiger partial charge < -0.3 is 14.8 Å². The highest BCUT2D eigenvalue weighted by Crippen LogP contribution is 2.31. The number of unbranched alkanes of at least 4 members (excludes halogenated alkanes) is 1. The molecule has 2 N–H and O–H groups in total. The van der Waals surface area contributed by atoms with Gasteiger partial charge in [-0.15, -0.1) is 22.0 Å². The molecule has 2 aromatic carbocycles. The van der Waals surface area contributed by atoms with Crippen molar-refractivity contribution in [2.24, 2.45) is 0 Å². The van der Waals surface area contributed by atoms with E-state index in [1.165, 1.54) is 11.8 Å². The number of carboxylic acids is 1. The molecule has 0 saturated carbocycles. The molecule has 2 aromatic heterocycles. The van der Waals surface area contributed by atoms with E-state index in [1.54, 1.807) is 12.1 Å². The highest BCUT2D eigenvalue weighted by Gasteiger charge is 2.19. The summed E-state index contributed by atoms with van der Waals surface area (Å²) in [5, 5.41) is 28.6. The largest absolute Gasteiger partial charge is 0.491 e. The van der Waals surface area contributed by atoms with Crippen LogP contribution in [0.1, 0.15) is 41.5 Å². The number of aryl methyl sites for hydroxylation is 1. The summed E-state index contributed by atoms with van der Waals surface area (Å²) in [6.07, 6.45) is 4.74. The predicted molar refractivity (Wildman–Crippen MR) is 125 cm³/mol. The number of imidazole rings is 1. The number of benzene rings is 2. The molecule has 7 nitrogen and oxygen atoms in total. The van der Waals surface area contributed by atoms with Gasteiger partial charge >= 0.3 is 5.97 Å². The quantitative estimate of drug-likeness (QED) is 0.365. The first-order valence-corrected chi connectivity index (χ1v) is 11.7. The monoisotopic (exact) mass is 448 g/mol. The van der Waals surface area contributed by atoms with Crippen molar-refractivity contribution in [3.05, 3.63) is 65.5 Å². The zero-order chi connectivity index (χ0) is 22.7. The van der Waals surface area contributed by atoms with Crippen LogP contribution in [0.15, 0.2) is 53.6 Å². The van der Waals surface area contributed by atoms with Crippen molar-refractivity contribution in [2.75, 3.05) is 6.26 Å². The van der Waals surface area contributed by atoms with Crippen LogP contribution in [-0.4, -0.2) is 42.2 Å². The summed E-state index contributed by atoms with van der Waals surface area (Å²) in [5.74, 6) is -0.182. The fourth-order valence-electron chi connectivity index (χ4n) is 3.79. The third-order valence-electron chi connectivity index (χ3n) is 5.41. The Morgan fingerprint density at radius 1 is 1.09 bits per heavy atom. The Hall–Kier alpha value is -3.39. The molecule has 0 spiro atoms. The van der Waals surface area contributed by atoms with Gasteiger partial charge in [0, 0.05) is 13.0 Å². The van der Waals surface area contributed by atoms with Gasteiger partial charge in [-0.3, -0.25) is 0 Å². The molecule has 0 aliphatic carbocycles. The Labute approximate surface area is 190 Å². The second kappa shape index (κ2) is 9.40. The Morgan fingerprint density at radius 2 is 1.84 bits per heavy atom. The molecule has 0 radical (unpaired) electrons. The molecule has 32 heavy (non-hydrogen) atoms. The summed E-state index contributed by atoms with van der Waals surface area (Å²) >= 11 is 1.45. The second-order valence-corrected chi connectivity index (χ2v) is 8.29. The molecule has 164 valence electrons. The lowest BCUT2D eigenvalue weighted by atomic mass is 9.99. The van der Waals surface area contributed by atoms with Gasteiger partial charge in [0.25, 0.3) is 5.88 Å². The molecule has 4 rings (SSSR count). The van der Waals surface area contributed by atoms with Crippen LogP contribution < -0.4 is 0 Å². The zero-order valence-corrected chi connectivity index (χ0v) is 18.8. The second-order valence-electron chi connectivity index (χ2n) is 7.50. The smallest absolute Gasteiger partial charge is 0.336 e. The fraction of sp³-hybridized carbons (Fsp3) is 0.250. The number of carboxylic acid groups (broad SMARTS) is 1. The van der Waals surface area contributed by atoms with Crippen molar-refractivity contribution in [2.45, 2.75) is 37.8 Å². The van der Waals surface area contributed by atoms with E-state index in [2.05, 4.69) is 17.1 Å². The van der Waals surface area contributed by atoms with Gasteiger partial charge in [-0.2, -0.15) is 0 Å². The Bertz CT molecular complexity index is 1270. The highest BCUT2D eigenvalue weighted by molar-refractivity contribution is 7.98. The van der Waals surface area contributed by atoms with E-state index in [9.17, 15) is 15.0 Å². The van der Waals surface area contributed by atoms with Crippen molar-refractivity contribution in [1.29, 1.82) is 0 Å². The molecule has 2 heterocycles. The summed E-state index contributed by atoms with van der Waals surface area (Å²) in [6, 6.07) is 14.8. The number of aromatic nitrogens is 4. The standard InChI is InChI=1S/C24H24N4O3S/c1-3-4-9-19-25-20-21(22(29)26-27-23(20)32-2)28(19)14-15-10-12-16(13-11-15)17-7-5-6-8-18(17)24(30)31/h5-8,10-13H,3-4,9,14H2,1-2H3,(H,26,29)(H,30,31). The number of hydrogen-bond donors (Lipinski definition) is 2. The first-order chi connectivity index (χ1) is 15.5. The number of aromatic carboxylic acids is 1. The van der Waals surface area contributed by atoms with E-state index in [0.29, 0.717) is 28.2 Å². The molecular weight excluding hydrogens is 424 g/mol. The average Bonchev–Trinajstić information content (AvgIpc) is 3.17. The van der Waals surface area contributed by atoms with Gasteiger partial charge in [0.05, 0.1) is 5.56 Å². The number of aromatic hydroxyl groups is 1. The van der Waals surface area contributed by atoms with Crippen LogP contribution in [-0.2, 0) is 13.0 Å². The number of fused-ring (bicyclic) bond motifs is 1. The van der Waals surface area contributed by atoms with Crippen LogP contribution >= 0.6 is 11.8 Å². The lowest BCUT2D eigenvalue weighted by molar-refractivity contribution is 0.0697. The molecule has 0 amide bonds. The van der Waals surface area contributed by atoms with E-state index in [4.69, 9.17) is 4.98 Å². The summed E-state index contributed by atoms with van der Waals surface area (Å²) in [5.41, 5.74) is 4.07. The van der Waals surface area contributed by atoms with Crippen LogP contribution in [0.5, 0.6) is 5.88 Å². The van der Waals surface area contributed by atoms with Crippen LogP contribution in [0, 0.1) is 0 Å². The molecular formula is C24H24N4O3S. The number of rotatable bonds is 8. The van der Waals surface area contributed by atoms with Crippen LogP contribution in [0.4, 0.5) is 0 Å². The van der Waals surface area contributed by atoms with Crippen molar-refractivity contribution in [3.63, 3.8) is 0 Å². The van der Waals surface area contributed by atoms with Gasteiger partial charge in [-0.05, 0) is 35.4 Å². The molecule has 0 aliphatic heterocycles. The average molecular weight is 449 g/mol. The minimum atomic E-state index is -0.948. The molecule has 0 aliphatic rings.